The van der Waals surface area contributed by atoms with Crippen molar-refractivity contribution in [2.24, 2.45) is 0 Å². The molecule has 4 aromatic heterocycles. The number of thiophene rings is 1. The lowest BCUT2D eigenvalue weighted by molar-refractivity contribution is -0.116. The summed E-state index contributed by atoms with van der Waals surface area (Å²) in [6, 6.07) is 1.95. The number of carbonyl (C=O) groups is 1. The van der Waals surface area contributed by atoms with Gasteiger partial charge >= 0.3 is 0 Å². The summed E-state index contributed by atoms with van der Waals surface area (Å²) in [4.78, 5) is 22.2. The zero-order chi connectivity index (χ0) is 17.2. The highest BCUT2D eigenvalue weighted by Crippen LogP contribution is 2.28. The monoisotopic (exact) mass is 354 g/mol. The van der Waals surface area contributed by atoms with Crippen molar-refractivity contribution in [3.05, 3.63) is 36.4 Å². The van der Waals surface area contributed by atoms with Crippen LogP contribution in [-0.2, 0) is 17.9 Å². The van der Waals surface area contributed by atoms with E-state index in [2.05, 4.69) is 30.6 Å². The topological polar surface area (TPSA) is 103 Å². The highest BCUT2D eigenvalue weighted by molar-refractivity contribution is 7.17. The third kappa shape index (κ3) is 3.11. The first-order chi connectivity index (χ1) is 12.2. The van der Waals surface area contributed by atoms with E-state index in [4.69, 9.17) is 0 Å². The Labute approximate surface area is 146 Å². The fraction of sp³-hybridized carbons (Fsp3) is 0.200. The van der Waals surface area contributed by atoms with E-state index in [9.17, 15) is 4.79 Å². The summed E-state index contributed by atoms with van der Waals surface area (Å²) in [6.45, 7) is 2.65. The predicted molar refractivity (Wildman–Crippen MR) is 93.0 cm³/mol. The van der Waals surface area contributed by atoms with Crippen molar-refractivity contribution in [2.45, 2.75) is 20.0 Å². The smallest absolute Gasteiger partial charge is 0.247 e. The molecule has 0 spiro atoms. The molecule has 4 rings (SSSR count). The molecular weight excluding hydrogens is 340 g/mol. The predicted octanol–water partition coefficient (Wildman–Crippen LogP) is 1.80. The van der Waals surface area contributed by atoms with E-state index >= 15 is 0 Å². The van der Waals surface area contributed by atoms with E-state index in [1.807, 2.05) is 18.4 Å². The number of carbonyl (C=O) groups excluding carboxylic acids is 1. The maximum absolute atomic E-state index is 12.1. The average Bonchev–Trinajstić information content (AvgIpc) is 3.34. The zero-order valence-electron chi connectivity index (χ0n) is 13.3. The van der Waals surface area contributed by atoms with Crippen LogP contribution in [0, 0.1) is 0 Å². The second-order valence-corrected chi connectivity index (χ2v) is 6.17. The lowest BCUT2D eigenvalue weighted by atomic mass is 10.2. The van der Waals surface area contributed by atoms with Crippen LogP contribution >= 0.6 is 11.3 Å². The van der Waals surface area contributed by atoms with Gasteiger partial charge in [-0.15, -0.1) is 16.4 Å². The van der Waals surface area contributed by atoms with Crippen LogP contribution in [0.3, 0.4) is 0 Å². The molecule has 0 bridgehead atoms. The first kappa shape index (κ1) is 15.4. The van der Waals surface area contributed by atoms with Gasteiger partial charge in [0.2, 0.25) is 5.91 Å². The lowest BCUT2D eigenvalue weighted by Gasteiger charge is -2.01. The quantitative estimate of drug-likeness (QED) is 0.586. The normalized spacial score (nSPS) is 11.1. The van der Waals surface area contributed by atoms with Gasteiger partial charge in [0.1, 0.15) is 12.9 Å². The van der Waals surface area contributed by atoms with Gasteiger partial charge in [0, 0.05) is 11.8 Å². The summed E-state index contributed by atoms with van der Waals surface area (Å²) >= 11 is 1.58. The Morgan fingerprint density at radius 1 is 1.28 bits per heavy atom. The molecule has 0 aliphatic rings. The van der Waals surface area contributed by atoms with Gasteiger partial charge in [-0.05, 0) is 18.4 Å². The number of nitrogens with one attached hydrogen (secondary N) is 1. The SMILES string of the molecule is CCn1ncc(NC(=O)Cn2cc(-c3ncnc4ccsc34)cn2)n1. The van der Waals surface area contributed by atoms with Crippen LogP contribution in [0.15, 0.2) is 36.4 Å². The van der Waals surface area contributed by atoms with E-state index in [1.165, 1.54) is 17.3 Å². The maximum Gasteiger partial charge on any atom is 0.247 e. The largest absolute Gasteiger partial charge is 0.306 e. The number of hydrogen-bond donors (Lipinski definition) is 1. The first-order valence-electron chi connectivity index (χ1n) is 7.64. The number of rotatable bonds is 5. The zero-order valence-corrected chi connectivity index (χ0v) is 14.1. The minimum atomic E-state index is -0.221. The van der Waals surface area contributed by atoms with Crippen LogP contribution < -0.4 is 5.32 Å². The number of hydrogen-bond acceptors (Lipinski definition) is 7. The van der Waals surface area contributed by atoms with Crippen molar-refractivity contribution >= 4 is 33.3 Å². The maximum atomic E-state index is 12.1. The Hall–Kier alpha value is -3.14. The highest BCUT2D eigenvalue weighted by atomic mass is 32.1. The summed E-state index contributed by atoms with van der Waals surface area (Å²) in [6.07, 6.45) is 6.54. The molecule has 10 heteroatoms. The van der Waals surface area contributed by atoms with Crippen molar-refractivity contribution in [3.63, 3.8) is 0 Å². The standard InChI is InChI=1S/C15H14N8OS/c1-2-23-19-6-12(21-23)20-13(24)8-22-7-10(5-18-22)14-15-11(3-4-25-15)16-9-17-14/h3-7,9H,2,8H2,1H3,(H,20,21,24). The number of aryl methyl sites for hydroxylation is 1. The molecule has 4 aromatic rings. The molecule has 4 heterocycles. The molecule has 126 valence electrons. The van der Waals surface area contributed by atoms with E-state index in [-0.39, 0.29) is 12.5 Å². The van der Waals surface area contributed by atoms with Crippen molar-refractivity contribution < 1.29 is 4.79 Å². The van der Waals surface area contributed by atoms with Crippen LogP contribution in [-0.4, -0.2) is 40.6 Å². The van der Waals surface area contributed by atoms with Gasteiger partial charge in [0.15, 0.2) is 5.82 Å². The molecule has 1 amide bonds. The number of aromatic nitrogens is 7. The van der Waals surface area contributed by atoms with E-state index in [0.717, 1.165) is 21.5 Å². The van der Waals surface area contributed by atoms with Crippen LogP contribution in [0.2, 0.25) is 0 Å². The Morgan fingerprint density at radius 2 is 2.20 bits per heavy atom. The fourth-order valence-corrected chi connectivity index (χ4v) is 3.26. The number of nitrogens with zero attached hydrogens (tertiary/aromatic N) is 7. The molecule has 9 nitrogen and oxygen atoms in total. The minimum absolute atomic E-state index is 0.0810. The average molecular weight is 354 g/mol. The molecule has 0 unspecified atom stereocenters. The van der Waals surface area contributed by atoms with Gasteiger partial charge in [0.05, 0.1) is 34.8 Å². The molecule has 0 radical (unpaired) electrons. The number of anilines is 1. The summed E-state index contributed by atoms with van der Waals surface area (Å²) in [5.41, 5.74) is 2.57. The van der Waals surface area contributed by atoms with Crippen molar-refractivity contribution in [1.29, 1.82) is 0 Å². The molecule has 0 saturated carbocycles. The lowest BCUT2D eigenvalue weighted by Crippen LogP contribution is -2.19. The summed E-state index contributed by atoms with van der Waals surface area (Å²) in [7, 11) is 0. The van der Waals surface area contributed by atoms with Gasteiger partial charge < -0.3 is 5.32 Å². The molecule has 0 aliphatic carbocycles. The highest BCUT2D eigenvalue weighted by Gasteiger charge is 2.12. The van der Waals surface area contributed by atoms with Crippen LogP contribution in [0.25, 0.3) is 21.5 Å². The molecule has 1 N–H and O–H groups in total. The van der Waals surface area contributed by atoms with Gasteiger partial charge in [-0.25, -0.2) is 9.97 Å². The van der Waals surface area contributed by atoms with Gasteiger partial charge in [0.25, 0.3) is 0 Å². The summed E-state index contributed by atoms with van der Waals surface area (Å²) in [5, 5.41) is 17.1. The molecule has 0 aliphatic heterocycles. The van der Waals surface area contributed by atoms with Crippen LogP contribution in [0.4, 0.5) is 5.82 Å². The van der Waals surface area contributed by atoms with Crippen molar-refractivity contribution in [1.82, 2.24) is 34.7 Å². The molecular formula is C15H14N8OS. The van der Waals surface area contributed by atoms with Gasteiger partial charge in [-0.2, -0.15) is 15.0 Å². The molecule has 0 atom stereocenters. The Morgan fingerprint density at radius 3 is 3.04 bits per heavy atom. The Bertz CT molecular complexity index is 1030. The summed E-state index contributed by atoms with van der Waals surface area (Å²) in [5.74, 6) is 0.206. The molecule has 0 aromatic carbocycles. The second kappa shape index (κ2) is 6.40. The second-order valence-electron chi connectivity index (χ2n) is 5.25. The Kier molecular flexibility index (Phi) is 3.94. The van der Waals surface area contributed by atoms with Crippen molar-refractivity contribution in [2.75, 3.05) is 5.32 Å². The number of fused-ring (bicyclic) bond motifs is 1. The molecule has 0 fully saturated rings. The third-order valence-corrected chi connectivity index (χ3v) is 4.45. The third-order valence-electron chi connectivity index (χ3n) is 3.54. The molecule has 25 heavy (non-hydrogen) atoms. The van der Waals surface area contributed by atoms with Gasteiger partial charge in [-0.1, -0.05) is 0 Å². The van der Waals surface area contributed by atoms with Crippen LogP contribution in [0.1, 0.15) is 6.92 Å². The first-order valence-corrected chi connectivity index (χ1v) is 8.52. The van der Waals surface area contributed by atoms with E-state index in [0.29, 0.717) is 12.4 Å². The number of amides is 1. The Balaban J connectivity index is 1.49. The van der Waals surface area contributed by atoms with Crippen molar-refractivity contribution in [3.8, 4) is 11.3 Å². The van der Waals surface area contributed by atoms with E-state index in [1.54, 1.807) is 28.4 Å². The fourth-order valence-electron chi connectivity index (χ4n) is 2.40. The van der Waals surface area contributed by atoms with E-state index < -0.39 is 0 Å². The van der Waals surface area contributed by atoms with Crippen LogP contribution in [0.5, 0.6) is 0 Å². The van der Waals surface area contributed by atoms with Gasteiger partial charge in [-0.3, -0.25) is 9.48 Å². The minimum Gasteiger partial charge on any atom is -0.306 e. The summed E-state index contributed by atoms with van der Waals surface area (Å²) < 4.78 is 2.57. The molecule has 0 saturated heterocycles.